The van der Waals surface area contributed by atoms with E-state index in [0.717, 1.165) is 18.5 Å². The molecule has 1 unspecified atom stereocenters. The van der Waals surface area contributed by atoms with Crippen LogP contribution in [-0.4, -0.2) is 27.9 Å². The average molecular weight is 261 g/mol. The van der Waals surface area contributed by atoms with Crippen LogP contribution in [0.15, 0.2) is 24.4 Å². The van der Waals surface area contributed by atoms with E-state index in [0.29, 0.717) is 24.9 Å². The van der Waals surface area contributed by atoms with E-state index in [1.54, 1.807) is 6.20 Å². The molecule has 1 fully saturated rings. The van der Waals surface area contributed by atoms with Crippen molar-refractivity contribution in [3.63, 3.8) is 0 Å². The number of hydrogen-bond acceptors (Lipinski definition) is 3. The molecule has 1 aromatic heterocycles. The molecule has 2 N–H and O–H groups in total. The number of nitrogens with zero attached hydrogens (tertiary/aromatic N) is 2. The molecule has 1 aliphatic carbocycles. The van der Waals surface area contributed by atoms with Crippen molar-refractivity contribution in [2.45, 2.75) is 51.7 Å². The fraction of sp³-hybridized carbons (Fsp3) is 0.600. The topological polar surface area (TPSA) is 59.2 Å². The predicted octanol–water partition coefficient (Wildman–Crippen LogP) is 1.95. The van der Waals surface area contributed by atoms with Crippen LogP contribution in [0.25, 0.3) is 0 Å². The summed E-state index contributed by atoms with van der Waals surface area (Å²) < 4.78 is 0. The zero-order chi connectivity index (χ0) is 13.8. The Morgan fingerprint density at radius 1 is 1.47 bits per heavy atom. The Labute approximate surface area is 115 Å². The van der Waals surface area contributed by atoms with Crippen LogP contribution in [-0.2, 0) is 11.3 Å². The number of nitrogens with two attached hydrogens (primary N) is 1. The van der Waals surface area contributed by atoms with Crippen molar-refractivity contribution < 1.29 is 4.79 Å². The molecule has 1 atom stereocenters. The summed E-state index contributed by atoms with van der Waals surface area (Å²) in [4.78, 5) is 18.6. The third kappa shape index (κ3) is 4.03. The van der Waals surface area contributed by atoms with Gasteiger partial charge in [-0.1, -0.05) is 19.9 Å². The maximum absolute atomic E-state index is 12.4. The first-order valence-electron chi connectivity index (χ1n) is 7.03. The number of rotatable bonds is 6. The van der Waals surface area contributed by atoms with Crippen molar-refractivity contribution in [2.24, 2.45) is 11.7 Å². The van der Waals surface area contributed by atoms with Gasteiger partial charge in [-0.15, -0.1) is 0 Å². The highest BCUT2D eigenvalue weighted by molar-refractivity contribution is 5.77. The van der Waals surface area contributed by atoms with Crippen LogP contribution in [0.2, 0.25) is 0 Å². The Hall–Kier alpha value is -1.42. The molecule has 104 valence electrons. The summed E-state index contributed by atoms with van der Waals surface area (Å²) in [7, 11) is 0. The van der Waals surface area contributed by atoms with Crippen molar-refractivity contribution in [1.29, 1.82) is 0 Å². The molecule has 0 bridgehead atoms. The van der Waals surface area contributed by atoms with Gasteiger partial charge in [-0.2, -0.15) is 0 Å². The van der Waals surface area contributed by atoms with Gasteiger partial charge in [-0.3, -0.25) is 9.78 Å². The second-order valence-corrected chi connectivity index (χ2v) is 5.69. The zero-order valence-electron chi connectivity index (χ0n) is 11.7. The minimum Gasteiger partial charge on any atom is -0.334 e. The Balaban J connectivity index is 1.98. The number of hydrogen-bond donors (Lipinski definition) is 1. The molecule has 1 aromatic rings. The van der Waals surface area contributed by atoms with Crippen LogP contribution in [0.3, 0.4) is 0 Å². The molecule has 0 aromatic carbocycles. The second kappa shape index (κ2) is 6.15. The fourth-order valence-electron chi connectivity index (χ4n) is 2.03. The van der Waals surface area contributed by atoms with Crippen LogP contribution < -0.4 is 5.73 Å². The molecule has 1 heterocycles. The van der Waals surface area contributed by atoms with Gasteiger partial charge in [-0.05, 0) is 30.9 Å². The van der Waals surface area contributed by atoms with Gasteiger partial charge < -0.3 is 10.6 Å². The van der Waals surface area contributed by atoms with Crippen LogP contribution in [0, 0.1) is 5.92 Å². The maximum Gasteiger partial charge on any atom is 0.224 e. The van der Waals surface area contributed by atoms with E-state index < -0.39 is 0 Å². The van der Waals surface area contributed by atoms with Gasteiger partial charge in [0.1, 0.15) is 0 Å². The smallest absolute Gasteiger partial charge is 0.224 e. The molecule has 4 nitrogen and oxygen atoms in total. The molecule has 2 rings (SSSR count). The van der Waals surface area contributed by atoms with Crippen molar-refractivity contribution in [3.8, 4) is 0 Å². The summed E-state index contributed by atoms with van der Waals surface area (Å²) in [6.07, 6.45) is 4.41. The molecule has 4 heteroatoms. The first-order valence-corrected chi connectivity index (χ1v) is 7.03. The normalized spacial score (nSPS) is 16.4. The Morgan fingerprint density at radius 3 is 2.74 bits per heavy atom. The molecular weight excluding hydrogens is 238 g/mol. The van der Waals surface area contributed by atoms with Crippen LogP contribution >= 0.6 is 0 Å². The lowest BCUT2D eigenvalue weighted by Crippen LogP contribution is -2.39. The van der Waals surface area contributed by atoms with Crippen molar-refractivity contribution in [2.75, 3.05) is 0 Å². The molecule has 19 heavy (non-hydrogen) atoms. The summed E-state index contributed by atoms with van der Waals surface area (Å²) in [5, 5.41) is 0. The molecule has 1 aliphatic rings. The molecule has 0 aliphatic heterocycles. The Morgan fingerprint density at radius 2 is 2.21 bits per heavy atom. The number of carbonyl (C=O) groups excluding carboxylic acids is 1. The summed E-state index contributed by atoms with van der Waals surface area (Å²) in [5.41, 5.74) is 6.95. The van der Waals surface area contributed by atoms with Crippen LogP contribution in [0.5, 0.6) is 0 Å². The monoisotopic (exact) mass is 261 g/mol. The highest BCUT2D eigenvalue weighted by Crippen LogP contribution is 2.29. The van der Waals surface area contributed by atoms with E-state index in [9.17, 15) is 4.79 Å². The summed E-state index contributed by atoms with van der Waals surface area (Å²) in [6, 6.07) is 6.15. The molecular formula is C15H23N3O. The van der Waals surface area contributed by atoms with E-state index in [2.05, 4.69) is 18.8 Å². The number of aromatic nitrogens is 1. The van der Waals surface area contributed by atoms with Gasteiger partial charge in [-0.25, -0.2) is 0 Å². The van der Waals surface area contributed by atoms with Crippen molar-refractivity contribution >= 4 is 5.91 Å². The van der Waals surface area contributed by atoms with E-state index in [4.69, 9.17) is 5.73 Å². The third-order valence-electron chi connectivity index (χ3n) is 3.63. The second-order valence-electron chi connectivity index (χ2n) is 5.69. The quantitative estimate of drug-likeness (QED) is 0.851. The average Bonchev–Trinajstić information content (AvgIpc) is 3.21. The lowest BCUT2D eigenvalue weighted by molar-refractivity contribution is -0.133. The molecule has 0 radical (unpaired) electrons. The molecule has 0 saturated heterocycles. The van der Waals surface area contributed by atoms with Gasteiger partial charge in [0.15, 0.2) is 0 Å². The molecule has 1 saturated carbocycles. The predicted molar refractivity (Wildman–Crippen MR) is 75.2 cm³/mol. The number of amides is 1. The van der Waals surface area contributed by atoms with E-state index in [-0.39, 0.29) is 11.9 Å². The first-order chi connectivity index (χ1) is 9.08. The van der Waals surface area contributed by atoms with Gasteiger partial charge in [0.2, 0.25) is 5.91 Å². The highest BCUT2D eigenvalue weighted by atomic mass is 16.2. The minimum atomic E-state index is -0.0579. The lowest BCUT2D eigenvalue weighted by Gasteiger charge is -2.25. The molecule has 0 spiro atoms. The van der Waals surface area contributed by atoms with Gasteiger partial charge in [0.25, 0.3) is 0 Å². The van der Waals surface area contributed by atoms with E-state index in [1.165, 1.54) is 0 Å². The largest absolute Gasteiger partial charge is 0.334 e. The van der Waals surface area contributed by atoms with Crippen LogP contribution in [0.1, 0.15) is 38.8 Å². The van der Waals surface area contributed by atoms with Gasteiger partial charge in [0.05, 0.1) is 12.2 Å². The van der Waals surface area contributed by atoms with Crippen molar-refractivity contribution in [3.05, 3.63) is 30.1 Å². The number of carbonyl (C=O) groups is 1. The number of pyridine rings is 1. The maximum atomic E-state index is 12.4. The highest BCUT2D eigenvalue weighted by Gasteiger charge is 2.33. The first kappa shape index (κ1) is 14.0. The standard InChI is InChI=1S/C15H23N3O/c1-11(2)14(16)9-15(19)18(13-6-7-13)10-12-5-3-4-8-17-12/h3-5,8,11,13-14H,6-7,9-10,16H2,1-2H3. The van der Waals surface area contributed by atoms with Gasteiger partial charge in [0, 0.05) is 24.7 Å². The summed E-state index contributed by atoms with van der Waals surface area (Å²) in [6.45, 7) is 4.71. The van der Waals surface area contributed by atoms with Gasteiger partial charge >= 0.3 is 0 Å². The summed E-state index contributed by atoms with van der Waals surface area (Å²) in [5.74, 6) is 0.495. The third-order valence-corrected chi connectivity index (χ3v) is 3.63. The zero-order valence-corrected chi connectivity index (χ0v) is 11.7. The SMILES string of the molecule is CC(C)C(N)CC(=O)N(Cc1ccccn1)C1CC1. The van der Waals surface area contributed by atoms with Crippen LogP contribution in [0.4, 0.5) is 0 Å². The lowest BCUT2D eigenvalue weighted by atomic mass is 10.0. The van der Waals surface area contributed by atoms with E-state index >= 15 is 0 Å². The molecule has 1 amide bonds. The van der Waals surface area contributed by atoms with Crippen molar-refractivity contribution in [1.82, 2.24) is 9.88 Å². The Kier molecular flexibility index (Phi) is 4.53. The fourth-order valence-corrected chi connectivity index (χ4v) is 2.03. The Bertz CT molecular complexity index is 415. The van der Waals surface area contributed by atoms with E-state index in [1.807, 2.05) is 23.1 Å². The summed E-state index contributed by atoms with van der Waals surface area (Å²) >= 11 is 0. The minimum absolute atomic E-state index is 0.0579.